The number of anilines is 1. The molecule has 3 nitrogen and oxygen atoms in total. The average molecular weight is 271 g/mol. The highest BCUT2D eigenvalue weighted by Gasteiger charge is 2.37. The molecule has 2 aromatic rings. The molecule has 4 rings (SSSR count). The Balaban J connectivity index is 1.62. The van der Waals surface area contributed by atoms with E-state index >= 15 is 0 Å². The second-order valence-electron chi connectivity index (χ2n) is 6.00. The highest BCUT2D eigenvalue weighted by Crippen LogP contribution is 2.36. The molecule has 0 bridgehead atoms. The van der Waals surface area contributed by atoms with Crippen LogP contribution in [0.15, 0.2) is 30.3 Å². The Labute approximate surface area is 117 Å². The summed E-state index contributed by atoms with van der Waals surface area (Å²) in [6, 6.07) is 9.70. The van der Waals surface area contributed by atoms with Crippen molar-refractivity contribution in [3.8, 4) is 0 Å². The molecule has 0 radical (unpaired) electrons. The third-order valence-electron chi connectivity index (χ3n) is 4.70. The summed E-state index contributed by atoms with van der Waals surface area (Å²) >= 11 is 0. The lowest BCUT2D eigenvalue weighted by molar-refractivity contribution is 0.494. The number of nitrogens with one attached hydrogen (secondary N) is 2. The Morgan fingerprint density at radius 3 is 2.70 bits per heavy atom. The number of nitrogens with zero attached hydrogens (tertiary/aromatic N) is 1. The number of halogens is 1. The number of aromatic nitrogens is 1. The normalized spacial score (nSPS) is 28.8. The summed E-state index contributed by atoms with van der Waals surface area (Å²) in [7, 11) is 0. The van der Waals surface area contributed by atoms with E-state index in [1.54, 1.807) is 0 Å². The average Bonchev–Trinajstić information content (AvgIpc) is 2.99. The molecule has 2 N–H and O–H groups in total. The first-order valence-corrected chi connectivity index (χ1v) is 7.32. The molecule has 2 unspecified atom stereocenters. The van der Waals surface area contributed by atoms with E-state index < -0.39 is 5.95 Å². The van der Waals surface area contributed by atoms with Gasteiger partial charge in [0.1, 0.15) is 0 Å². The van der Waals surface area contributed by atoms with Crippen molar-refractivity contribution in [1.29, 1.82) is 0 Å². The summed E-state index contributed by atoms with van der Waals surface area (Å²) in [5.74, 6) is 1.15. The van der Waals surface area contributed by atoms with Gasteiger partial charge in [0.05, 0.1) is 5.52 Å². The summed E-state index contributed by atoms with van der Waals surface area (Å²) in [4.78, 5) is 3.95. The minimum atomic E-state index is -0.411. The summed E-state index contributed by atoms with van der Waals surface area (Å²) in [5, 5.41) is 8.00. The lowest BCUT2D eigenvalue weighted by Crippen LogP contribution is -2.20. The van der Waals surface area contributed by atoms with E-state index in [-0.39, 0.29) is 0 Å². The van der Waals surface area contributed by atoms with Crippen LogP contribution in [0.2, 0.25) is 0 Å². The Morgan fingerprint density at radius 1 is 1.15 bits per heavy atom. The van der Waals surface area contributed by atoms with Crippen LogP contribution in [0.25, 0.3) is 10.9 Å². The van der Waals surface area contributed by atoms with Crippen molar-refractivity contribution in [2.45, 2.75) is 18.9 Å². The van der Waals surface area contributed by atoms with Crippen molar-refractivity contribution in [3.05, 3.63) is 36.3 Å². The maximum atomic E-state index is 13.6. The first-order chi connectivity index (χ1) is 9.79. The Kier molecular flexibility index (Phi) is 2.84. The third kappa shape index (κ3) is 2.04. The van der Waals surface area contributed by atoms with Crippen LogP contribution < -0.4 is 10.6 Å². The minimum absolute atomic E-state index is 0.411. The van der Waals surface area contributed by atoms with E-state index in [2.05, 4.69) is 15.6 Å². The van der Waals surface area contributed by atoms with Crippen molar-refractivity contribution in [2.75, 3.05) is 18.4 Å². The molecule has 1 saturated carbocycles. The molecule has 1 aromatic heterocycles. The van der Waals surface area contributed by atoms with Crippen molar-refractivity contribution < 1.29 is 4.39 Å². The Morgan fingerprint density at radius 2 is 1.90 bits per heavy atom. The van der Waals surface area contributed by atoms with Crippen molar-refractivity contribution in [2.24, 2.45) is 11.8 Å². The number of benzene rings is 1. The predicted molar refractivity (Wildman–Crippen MR) is 78.2 cm³/mol. The van der Waals surface area contributed by atoms with Gasteiger partial charge in [0.2, 0.25) is 5.95 Å². The largest absolute Gasteiger partial charge is 0.382 e. The molecule has 1 saturated heterocycles. The molecule has 2 atom stereocenters. The molecule has 0 spiro atoms. The number of hydrogen-bond acceptors (Lipinski definition) is 3. The Bertz CT molecular complexity index is 631. The van der Waals surface area contributed by atoms with Crippen molar-refractivity contribution >= 4 is 16.6 Å². The Hall–Kier alpha value is -1.68. The zero-order valence-corrected chi connectivity index (χ0v) is 11.3. The second-order valence-corrected chi connectivity index (χ2v) is 6.00. The highest BCUT2D eigenvalue weighted by molar-refractivity contribution is 5.91. The van der Waals surface area contributed by atoms with Crippen molar-refractivity contribution in [3.63, 3.8) is 0 Å². The van der Waals surface area contributed by atoms with Gasteiger partial charge in [-0.3, -0.25) is 0 Å². The molecule has 1 aliphatic heterocycles. The fourth-order valence-electron chi connectivity index (χ4n) is 3.77. The van der Waals surface area contributed by atoms with Gasteiger partial charge in [-0.1, -0.05) is 18.2 Å². The number of pyridine rings is 1. The van der Waals surface area contributed by atoms with Gasteiger partial charge < -0.3 is 10.6 Å². The smallest absolute Gasteiger partial charge is 0.215 e. The van der Waals surface area contributed by atoms with Crippen LogP contribution in [-0.4, -0.2) is 24.1 Å². The van der Waals surface area contributed by atoms with E-state index in [9.17, 15) is 4.39 Å². The van der Waals surface area contributed by atoms with Gasteiger partial charge in [-0.15, -0.1) is 0 Å². The predicted octanol–water partition coefficient (Wildman–Crippen LogP) is 2.78. The molecule has 1 aliphatic carbocycles. The van der Waals surface area contributed by atoms with Gasteiger partial charge in [-0.25, -0.2) is 4.98 Å². The number of hydrogen-bond donors (Lipinski definition) is 2. The number of para-hydroxylation sites is 1. The van der Waals surface area contributed by atoms with Crippen molar-refractivity contribution in [1.82, 2.24) is 10.3 Å². The molecule has 2 aliphatic rings. The van der Waals surface area contributed by atoms with Crippen LogP contribution >= 0.6 is 0 Å². The van der Waals surface area contributed by atoms with Crippen LogP contribution in [0.1, 0.15) is 12.8 Å². The van der Waals surface area contributed by atoms with E-state index in [0.717, 1.165) is 41.5 Å². The molecule has 0 amide bonds. The van der Waals surface area contributed by atoms with Gasteiger partial charge in [-0.05, 0) is 43.8 Å². The first-order valence-electron chi connectivity index (χ1n) is 7.32. The molecule has 2 heterocycles. The maximum absolute atomic E-state index is 13.6. The van der Waals surface area contributed by atoms with Crippen LogP contribution in [0, 0.1) is 17.8 Å². The monoisotopic (exact) mass is 271 g/mol. The van der Waals surface area contributed by atoms with Crippen LogP contribution in [0.5, 0.6) is 0 Å². The summed E-state index contributed by atoms with van der Waals surface area (Å²) in [6.45, 7) is 2.27. The summed E-state index contributed by atoms with van der Waals surface area (Å²) in [5.41, 5.74) is 1.60. The van der Waals surface area contributed by atoms with E-state index in [4.69, 9.17) is 0 Å². The van der Waals surface area contributed by atoms with Gasteiger partial charge in [0.15, 0.2) is 0 Å². The summed E-state index contributed by atoms with van der Waals surface area (Å²) in [6.07, 6.45) is 2.35. The fraction of sp³-hybridized carbons (Fsp3) is 0.438. The van der Waals surface area contributed by atoms with E-state index in [1.165, 1.54) is 18.9 Å². The zero-order chi connectivity index (χ0) is 13.5. The topological polar surface area (TPSA) is 37.0 Å². The lowest BCUT2D eigenvalue weighted by Gasteiger charge is -2.17. The standard InChI is InChI=1S/C16H18FN3/c17-16-7-15(13-3-1-2-4-14(13)20-16)19-12-5-10-8-18-9-11(10)6-12/h1-4,7,10-12,18H,5-6,8-9H2,(H,19,20). The maximum Gasteiger partial charge on any atom is 0.215 e. The molecule has 20 heavy (non-hydrogen) atoms. The zero-order valence-electron chi connectivity index (χ0n) is 11.3. The molecular weight excluding hydrogens is 253 g/mol. The van der Waals surface area contributed by atoms with Crippen LogP contribution in [-0.2, 0) is 0 Å². The lowest BCUT2D eigenvalue weighted by atomic mass is 10.0. The minimum Gasteiger partial charge on any atom is -0.382 e. The first kappa shape index (κ1) is 12.1. The fourth-order valence-corrected chi connectivity index (χ4v) is 3.77. The van der Waals surface area contributed by atoms with Gasteiger partial charge in [-0.2, -0.15) is 4.39 Å². The highest BCUT2D eigenvalue weighted by atomic mass is 19.1. The van der Waals surface area contributed by atoms with Gasteiger partial charge in [0, 0.05) is 23.2 Å². The van der Waals surface area contributed by atoms with E-state index in [1.807, 2.05) is 24.3 Å². The van der Waals surface area contributed by atoms with Gasteiger partial charge in [0.25, 0.3) is 0 Å². The molecular formula is C16H18FN3. The molecule has 4 heteroatoms. The SMILES string of the molecule is Fc1cc(NC2CC3CNCC3C2)c2ccccc2n1. The number of rotatable bonds is 2. The quantitative estimate of drug-likeness (QED) is 0.825. The second kappa shape index (κ2) is 4.70. The number of fused-ring (bicyclic) bond motifs is 2. The van der Waals surface area contributed by atoms with E-state index in [0.29, 0.717) is 6.04 Å². The molecule has 2 fully saturated rings. The van der Waals surface area contributed by atoms with Crippen LogP contribution in [0.3, 0.4) is 0 Å². The van der Waals surface area contributed by atoms with Crippen LogP contribution in [0.4, 0.5) is 10.1 Å². The summed E-state index contributed by atoms with van der Waals surface area (Å²) < 4.78 is 13.6. The molecule has 1 aromatic carbocycles. The third-order valence-corrected chi connectivity index (χ3v) is 4.70. The molecule has 104 valence electrons. The van der Waals surface area contributed by atoms with Gasteiger partial charge >= 0.3 is 0 Å².